The fourth-order valence-corrected chi connectivity index (χ4v) is 5.04. The Bertz CT molecular complexity index is 1140. The third-order valence-corrected chi connectivity index (χ3v) is 6.83. The number of benzene rings is 2. The molecule has 0 bridgehead atoms. The monoisotopic (exact) mass is 423 g/mol. The number of hydrogen-bond acceptors (Lipinski definition) is 4. The van der Waals surface area contributed by atoms with E-state index in [2.05, 4.69) is 17.1 Å². The second kappa shape index (κ2) is 7.07. The average molecular weight is 423 g/mol. The summed E-state index contributed by atoms with van der Waals surface area (Å²) in [6.45, 7) is 4.53. The number of anilines is 1. The van der Waals surface area contributed by atoms with Crippen molar-refractivity contribution in [3.8, 4) is 0 Å². The van der Waals surface area contributed by atoms with Crippen molar-refractivity contribution < 1.29 is 21.6 Å². The topological polar surface area (TPSA) is 54.3 Å². The predicted octanol–water partition coefficient (Wildman–Crippen LogP) is 3.70. The van der Waals surface area contributed by atoms with Gasteiger partial charge in [0.05, 0.1) is 16.0 Å². The van der Waals surface area contributed by atoms with Gasteiger partial charge in [0.25, 0.3) is 10.0 Å². The molecule has 0 saturated carbocycles. The average Bonchev–Trinajstić information content (AvgIpc) is 3.12. The second-order valence-corrected chi connectivity index (χ2v) is 8.96. The van der Waals surface area contributed by atoms with Crippen molar-refractivity contribution in [3.63, 3.8) is 0 Å². The third kappa shape index (κ3) is 3.60. The van der Waals surface area contributed by atoms with Crippen molar-refractivity contribution >= 4 is 26.6 Å². The molecule has 1 aromatic heterocycles. The van der Waals surface area contributed by atoms with Crippen LogP contribution in [0.4, 0.5) is 18.9 Å². The first-order valence-electron chi connectivity index (χ1n) is 9.19. The van der Waals surface area contributed by atoms with Crippen molar-refractivity contribution in [2.24, 2.45) is 0 Å². The van der Waals surface area contributed by atoms with Gasteiger partial charge in [0.1, 0.15) is 0 Å². The summed E-state index contributed by atoms with van der Waals surface area (Å²) < 4.78 is 65.6. The zero-order valence-electron chi connectivity index (χ0n) is 15.6. The second-order valence-electron chi connectivity index (χ2n) is 7.15. The maximum Gasteiger partial charge on any atom is 0.416 e. The minimum absolute atomic E-state index is 0.191. The van der Waals surface area contributed by atoms with Crippen LogP contribution in [0.15, 0.2) is 59.6 Å². The number of halogens is 3. The molecule has 4 rings (SSSR count). The molecule has 29 heavy (non-hydrogen) atoms. The van der Waals surface area contributed by atoms with Crippen LogP contribution in [0.2, 0.25) is 0 Å². The molecule has 2 heterocycles. The number of rotatable bonds is 3. The van der Waals surface area contributed by atoms with E-state index in [9.17, 15) is 21.6 Å². The summed E-state index contributed by atoms with van der Waals surface area (Å²) >= 11 is 0. The Labute approximate surface area is 166 Å². The molecule has 1 atom stereocenters. The van der Waals surface area contributed by atoms with Crippen LogP contribution in [0.1, 0.15) is 12.5 Å². The Morgan fingerprint density at radius 3 is 2.45 bits per heavy atom. The third-order valence-electron chi connectivity index (χ3n) is 5.12. The highest BCUT2D eigenvalue weighted by Gasteiger charge is 2.31. The van der Waals surface area contributed by atoms with Crippen LogP contribution in [0.5, 0.6) is 0 Å². The molecule has 1 saturated heterocycles. The summed E-state index contributed by atoms with van der Waals surface area (Å²) in [6.07, 6.45) is -3.06. The molecular formula is C20H20F3N3O2S. The Kier molecular flexibility index (Phi) is 4.82. The Hall–Kier alpha value is -2.52. The number of aromatic nitrogens is 1. The van der Waals surface area contributed by atoms with Crippen LogP contribution in [0, 0.1) is 0 Å². The van der Waals surface area contributed by atoms with E-state index in [1.807, 2.05) is 6.07 Å². The number of piperazine rings is 1. The lowest BCUT2D eigenvalue weighted by atomic mass is 10.1. The van der Waals surface area contributed by atoms with E-state index in [0.717, 1.165) is 58.9 Å². The predicted molar refractivity (Wildman–Crippen MR) is 106 cm³/mol. The highest BCUT2D eigenvalue weighted by molar-refractivity contribution is 7.90. The molecule has 5 nitrogen and oxygen atoms in total. The van der Waals surface area contributed by atoms with Gasteiger partial charge >= 0.3 is 6.18 Å². The van der Waals surface area contributed by atoms with Crippen LogP contribution >= 0.6 is 0 Å². The van der Waals surface area contributed by atoms with E-state index in [-0.39, 0.29) is 4.90 Å². The van der Waals surface area contributed by atoms with Gasteiger partial charge in [-0.3, -0.25) is 0 Å². The van der Waals surface area contributed by atoms with Gasteiger partial charge in [0.2, 0.25) is 0 Å². The zero-order chi connectivity index (χ0) is 20.8. The summed E-state index contributed by atoms with van der Waals surface area (Å²) in [6, 6.07) is 11.1. The Morgan fingerprint density at radius 2 is 1.79 bits per heavy atom. The number of nitrogens with one attached hydrogen (secondary N) is 1. The summed E-state index contributed by atoms with van der Waals surface area (Å²) in [7, 11) is -4.02. The fourth-order valence-electron chi connectivity index (χ4n) is 3.69. The lowest BCUT2D eigenvalue weighted by Crippen LogP contribution is -2.49. The standard InChI is InChI=1S/C20H20F3N3O2S/c1-14-13-25(12-10-24-14)18-3-2-4-19-17(18)9-11-26(19)29(27,28)16-7-5-15(6-8-16)20(21,22)23/h2-9,11,14,24H,10,12-13H2,1H3. The quantitative estimate of drug-likeness (QED) is 0.698. The molecule has 154 valence electrons. The molecule has 0 amide bonds. The van der Waals surface area contributed by atoms with Gasteiger partial charge in [0, 0.05) is 42.9 Å². The minimum Gasteiger partial charge on any atom is -0.368 e. The smallest absolute Gasteiger partial charge is 0.368 e. The molecule has 1 fully saturated rings. The maximum absolute atomic E-state index is 13.1. The van der Waals surface area contributed by atoms with E-state index in [0.29, 0.717) is 11.6 Å². The first-order chi connectivity index (χ1) is 13.7. The molecular weight excluding hydrogens is 403 g/mol. The molecule has 1 unspecified atom stereocenters. The van der Waals surface area contributed by atoms with Gasteiger partial charge in [-0.2, -0.15) is 13.2 Å². The van der Waals surface area contributed by atoms with Crippen LogP contribution in [-0.4, -0.2) is 38.1 Å². The Morgan fingerprint density at radius 1 is 1.07 bits per heavy atom. The zero-order valence-corrected chi connectivity index (χ0v) is 16.5. The van der Waals surface area contributed by atoms with Crippen molar-refractivity contribution in [1.82, 2.24) is 9.29 Å². The molecule has 1 N–H and O–H groups in total. The molecule has 0 radical (unpaired) electrons. The highest BCUT2D eigenvalue weighted by atomic mass is 32.2. The molecule has 1 aliphatic rings. The van der Waals surface area contributed by atoms with Gasteiger partial charge in [-0.15, -0.1) is 0 Å². The van der Waals surface area contributed by atoms with Gasteiger partial charge in [0.15, 0.2) is 0 Å². The number of hydrogen-bond donors (Lipinski definition) is 1. The van der Waals surface area contributed by atoms with Crippen molar-refractivity contribution in [2.45, 2.75) is 24.0 Å². The van der Waals surface area contributed by atoms with E-state index in [4.69, 9.17) is 0 Å². The van der Waals surface area contributed by atoms with Crippen LogP contribution < -0.4 is 10.2 Å². The van der Waals surface area contributed by atoms with Gasteiger partial charge < -0.3 is 10.2 Å². The molecule has 9 heteroatoms. The summed E-state index contributed by atoms with van der Waals surface area (Å²) in [5.41, 5.74) is 0.551. The highest BCUT2D eigenvalue weighted by Crippen LogP contribution is 2.32. The van der Waals surface area contributed by atoms with Crippen molar-refractivity contribution in [2.75, 3.05) is 24.5 Å². The summed E-state index contributed by atoms with van der Waals surface area (Å²) in [5.74, 6) is 0. The summed E-state index contributed by atoms with van der Waals surface area (Å²) in [5, 5.41) is 4.16. The number of fused-ring (bicyclic) bond motifs is 1. The molecule has 0 aliphatic carbocycles. The van der Waals surface area contributed by atoms with E-state index < -0.39 is 21.8 Å². The van der Waals surface area contributed by atoms with E-state index in [1.165, 1.54) is 6.20 Å². The van der Waals surface area contributed by atoms with Crippen LogP contribution in [0.25, 0.3) is 10.9 Å². The first-order valence-corrected chi connectivity index (χ1v) is 10.6. The largest absolute Gasteiger partial charge is 0.416 e. The molecule has 1 aliphatic heterocycles. The van der Waals surface area contributed by atoms with E-state index >= 15 is 0 Å². The lowest BCUT2D eigenvalue weighted by Gasteiger charge is -2.34. The van der Waals surface area contributed by atoms with Crippen LogP contribution in [-0.2, 0) is 16.2 Å². The fraction of sp³-hybridized carbons (Fsp3) is 0.300. The van der Waals surface area contributed by atoms with Crippen LogP contribution in [0.3, 0.4) is 0 Å². The first kappa shape index (κ1) is 19.8. The SMILES string of the molecule is CC1CN(c2cccc3c2ccn3S(=O)(=O)c2ccc(C(F)(F)F)cc2)CCN1. The maximum atomic E-state index is 13.1. The minimum atomic E-state index is -4.52. The normalized spacial score (nSPS) is 18.3. The van der Waals surface area contributed by atoms with Gasteiger partial charge in [-0.1, -0.05) is 6.07 Å². The van der Waals surface area contributed by atoms with E-state index in [1.54, 1.807) is 18.2 Å². The number of nitrogens with zero attached hydrogens (tertiary/aromatic N) is 2. The van der Waals surface area contributed by atoms with Gasteiger partial charge in [-0.05, 0) is 49.4 Å². The van der Waals surface area contributed by atoms with Crippen molar-refractivity contribution in [3.05, 3.63) is 60.3 Å². The van der Waals surface area contributed by atoms with Crippen molar-refractivity contribution in [1.29, 1.82) is 0 Å². The van der Waals surface area contributed by atoms with Gasteiger partial charge in [-0.25, -0.2) is 12.4 Å². The molecule has 0 spiro atoms. The number of alkyl halides is 3. The molecule has 2 aromatic carbocycles. The summed E-state index contributed by atoms with van der Waals surface area (Å²) in [4.78, 5) is 2.02. The lowest BCUT2D eigenvalue weighted by molar-refractivity contribution is -0.137. The Balaban J connectivity index is 1.75. The molecule has 3 aromatic rings.